The van der Waals surface area contributed by atoms with E-state index in [2.05, 4.69) is 25.5 Å². The quantitative estimate of drug-likeness (QED) is 0.800. The molecule has 3 rings (SSSR count). The molecule has 8 heteroatoms. The molecule has 3 fully saturated rings. The van der Waals surface area contributed by atoms with Gasteiger partial charge in [0.05, 0.1) is 23.0 Å². The van der Waals surface area contributed by atoms with Gasteiger partial charge >= 0.3 is 6.09 Å². The number of amides is 1. The first kappa shape index (κ1) is 17.9. The highest BCUT2D eigenvalue weighted by molar-refractivity contribution is 7.90. The van der Waals surface area contributed by atoms with E-state index in [0.717, 1.165) is 12.8 Å². The molecule has 0 aromatic rings. The van der Waals surface area contributed by atoms with Crippen molar-refractivity contribution in [1.82, 2.24) is 9.62 Å². The zero-order valence-electron chi connectivity index (χ0n) is 14.6. The lowest BCUT2D eigenvalue weighted by molar-refractivity contribution is -0.106. The van der Waals surface area contributed by atoms with Crippen LogP contribution in [0.25, 0.3) is 0 Å². The van der Waals surface area contributed by atoms with Crippen LogP contribution in [0.3, 0.4) is 0 Å². The molecule has 2 saturated heterocycles. The fourth-order valence-corrected chi connectivity index (χ4v) is 5.48. The summed E-state index contributed by atoms with van der Waals surface area (Å²) in [6.45, 7) is 7.05. The van der Waals surface area contributed by atoms with Crippen LogP contribution in [-0.4, -0.2) is 60.6 Å². The molecule has 0 aromatic carbocycles. The number of carbonyl (C=O) groups is 1. The Labute approximate surface area is 143 Å². The molecule has 1 spiro atoms. The molecule has 138 valence electrons. The summed E-state index contributed by atoms with van der Waals surface area (Å²) in [5, 5.41) is 8.87. The van der Waals surface area contributed by atoms with Gasteiger partial charge in [-0.15, -0.1) is 0 Å². The Kier molecular flexibility index (Phi) is 4.37. The topological polar surface area (TPSA) is 95.9 Å². The Bertz CT molecular complexity index is 600. The second kappa shape index (κ2) is 5.85. The fourth-order valence-electron chi connectivity index (χ4n) is 3.90. The summed E-state index contributed by atoms with van der Waals surface area (Å²) in [4.78, 5) is 12.5. The van der Waals surface area contributed by atoms with Crippen LogP contribution in [0.2, 0.25) is 0 Å². The van der Waals surface area contributed by atoms with Gasteiger partial charge < -0.3 is 14.7 Å². The van der Waals surface area contributed by atoms with Crippen LogP contribution in [0.15, 0.2) is 0 Å². The lowest BCUT2D eigenvalue weighted by Gasteiger charge is -2.39. The standard InChI is InChI=1S/C16H28N2O5S/c1-15(2,3)13-12(17-24(21,22)11-4-5-11)10-16(23-13)6-8-18(9-7-16)14(19)20/h11-13,17H,4-10H2,1-3H3,(H,19,20)/t12-,13?/m1/s1. The van der Waals surface area contributed by atoms with Crippen molar-refractivity contribution in [3.63, 3.8) is 0 Å². The summed E-state index contributed by atoms with van der Waals surface area (Å²) in [6.07, 6.45) is 2.22. The van der Waals surface area contributed by atoms with E-state index < -0.39 is 21.7 Å². The van der Waals surface area contributed by atoms with E-state index in [1.54, 1.807) is 0 Å². The van der Waals surface area contributed by atoms with Gasteiger partial charge in [-0.25, -0.2) is 17.9 Å². The number of rotatable bonds is 3. The van der Waals surface area contributed by atoms with Crippen LogP contribution in [0, 0.1) is 5.41 Å². The van der Waals surface area contributed by atoms with E-state index in [1.165, 1.54) is 4.90 Å². The summed E-state index contributed by atoms with van der Waals surface area (Å²) in [6, 6.07) is -0.244. The monoisotopic (exact) mass is 360 g/mol. The van der Waals surface area contributed by atoms with Crippen molar-refractivity contribution < 1.29 is 23.1 Å². The number of likely N-dealkylation sites (tertiary alicyclic amines) is 1. The number of hydrogen-bond donors (Lipinski definition) is 2. The van der Waals surface area contributed by atoms with Crippen molar-refractivity contribution in [2.45, 2.75) is 75.9 Å². The van der Waals surface area contributed by atoms with Gasteiger partial charge in [-0.1, -0.05) is 20.8 Å². The van der Waals surface area contributed by atoms with Crippen molar-refractivity contribution in [3.05, 3.63) is 0 Å². The molecule has 0 bridgehead atoms. The number of hydrogen-bond acceptors (Lipinski definition) is 4. The normalized spacial score (nSPS) is 30.7. The molecule has 2 aliphatic heterocycles. The Balaban J connectivity index is 1.75. The van der Waals surface area contributed by atoms with Crippen LogP contribution in [-0.2, 0) is 14.8 Å². The van der Waals surface area contributed by atoms with Gasteiger partial charge in [0, 0.05) is 13.1 Å². The lowest BCUT2D eigenvalue weighted by atomic mass is 9.82. The molecule has 1 unspecified atom stereocenters. The summed E-state index contributed by atoms with van der Waals surface area (Å²) >= 11 is 0. The molecule has 0 aromatic heterocycles. The van der Waals surface area contributed by atoms with E-state index >= 15 is 0 Å². The SMILES string of the molecule is CC(C)(C)C1OC2(CCN(C(=O)O)CC2)C[C@H]1NS(=O)(=O)C1CC1. The van der Waals surface area contributed by atoms with Gasteiger partial charge in [0.2, 0.25) is 10.0 Å². The highest BCUT2D eigenvalue weighted by Gasteiger charge is 2.53. The third kappa shape index (κ3) is 3.55. The number of piperidine rings is 1. The van der Waals surface area contributed by atoms with E-state index in [0.29, 0.717) is 32.4 Å². The second-order valence-corrected chi connectivity index (χ2v) is 10.5. The molecule has 2 heterocycles. The first-order valence-corrected chi connectivity index (χ1v) is 10.2. The highest BCUT2D eigenvalue weighted by Crippen LogP contribution is 2.45. The maximum absolute atomic E-state index is 12.4. The van der Waals surface area contributed by atoms with Crippen molar-refractivity contribution in [3.8, 4) is 0 Å². The molecule has 24 heavy (non-hydrogen) atoms. The van der Waals surface area contributed by atoms with Gasteiger partial charge in [0.25, 0.3) is 0 Å². The Morgan fingerprint density at radius 2 is 1.83 bits per heavy atom. The molecule has 1 saturated carbocycles. The number of ether oxygens (including phenoxy) is 1. The Hall–Kier alpha value is -0.860. The number of carboxylic acid groups (broad SMARTS) is 1. The highest BCUT2D eigenvalue weighted by atomic mass is 32.2. The molecule has 3 aliphatic rings. The molecule has 1 amide bonds. The summed E-state index contributed by atoms with van der Waals surface area (Å²) in [5.41, 5.74) is -0.606. The first-order chi connectivity index (χ1) is 11.0. The van der Waals surface area contributed by atoms with E-state index in [-0.39, 0.29) is 22.8 Å². The van der Waals surface area contributed by atoms with Crippen LogP contribution < -0.4 is 4.72 Å². The summed E-state index contributed by atoms with van der Waals surface area (Å²) in [7, 11) is -3.28. The van der Waals surface area contributed by atoms with E-state index in [9.17, 15) is 13.2 Å². The molecule has 1 aliphatic carbocycles. The zero-order valence-corrected chi connectivity index (χ0v) is 15.4. The largest absolute Gasteiger partial charge is 0.465 e. The average Bonchev–Trinajstić information content (AvgIpc) is 3.24. The van der Waals surface area contributed by atoms with E-state index in [4.69, 9.17) is 9.84 Å². The molecule has 2 atom stereocenters. The third-order valence-corrected chi connectivity index (χ3v) is 7.39. The predicted octanol–water partition coefficient (Wildman–Crippen LogP) is 1.78. The second-order valence-electron chi connectivity index (χ2n) is 8.53. The van der Waals surface area contributed by atoms with Crippen molar-refractivity contribution in [2.24, 2.45) is 5.41 Å². The average molecular weight is 360 g/mol. The molecular formula is C16H28N2O5S. The van der Waals surface area contributed by atoms with Gasteiger partial charge in [0.1, 0.15) is 0 Å². The van der Waals surface area contributed by atoms with Crippen LogP contribution in [0.4, 0.5) is 4.79 Å². The number of nitrogens with zero attached hydrogens (tertiary/aromatic N) is 1. The van der Waals surface area contributed by atoms with Crippen molar-refractivity contribution >= 4 is 16.1 Å². The van der Waals surface area contributed by atoms with Crippen molar-refractivity contribution in [2.75, 3.05) is 13.1 Å². The molecular weight excluding hydrogens is 332 g/mol. The van der Waals surface area contributed by atoms with Crippen LogP contribution in [0.5, 0.6) is 0 Å². The Morgan fingerprint density at radius 3 is 2.29 bits per heavy atom. The van der Waals surface area contributed by atoms with Crippen LogP contribution >= 0.6 is 0 Å². The lowest BCUT2D eigenvalue weighted by Crippen LogP contribution is -2.46. The third-order valence-electron chi connectivity index (χ3n) is 5.41. The Morgan fingerprint density at radius 1 is 1.25 bits per heavy atom. The van der Waals surface area contributed by atoms with E-state index in [1.807, 2.05) is 0 Å². The summed E-state index contributed by atoms with van der Waals surface area (Å²) < 4.78 is 34.1. The number of nitrogens with one attached hydrogen (secondary N) is 1. The van der Waals surface area contributed by atoms with Gasteiger partial charge in [0.15, 0.2) is 0 Å². The molecule has 7 nitrogen and oxygen atoms in total. The maximum atomic E-state index is 12.4. The van der Waals surface area contributed by atoms with Gasteiger partial charge in [-0.2, -0.15) is 0 Å². The summed E-state index contributed by atoms with van der Waals surface area (Å²) in [5.74, 6) is 0. The maximum Gasteiger partial charge on any atom is 0.407 e. The molecule has 0 radical (unpaired) electrons. The minimum absolute atomic E-state index is 0.190. The minimum Gasteiger partial charge on any atom is -0.465 e. The number of sulfonamides is 1. The van der Waals surface area contributed by atoms with Crippen LogP contribution in [0.1, 0.15) is 52.9 Å². The smallest absolute Gasteiger partial charge is 0.407 e. The predicted molar refractivity (Wildman–Crippen MR) is 89.4 cm³/mol. The van der Waals surface area contributed by atoms with Gasteiger partial charge in [-0.05, 0) is 37.5 Å². The molecule has 2 N–H and O–H groups in total. The first-order valence-electron chi connectivity index (χ1n) is 8.69. The minimum atomic E-state index is -3.28. The van der Waals surface area contributed by atoms with Crippen molar-refractivity contribution in [1.29, 1.82) is 0 Å². The van der Waals surface area contributed by atoms with Gasteiger partial charge in [-0.3, -0.25) is 0 Å². The zero-order chi connectivity index (χ0) is 17.8. The fraction of sp³-hybridized carbons (Fsp3) is 0.938.